The normalized spacial score (nSPS) is 28.3. The van der Waals surface area contributed by atoms with Crippen LogP contribution in [0.1, 0.15) is 12.8 Å². The predicted molar refractivity (Wildman–Crippen MR) is 51.3 cm³/mol. The first kappa shape index (κ1) is 8.90. The Balaban J connectivity index is 1.87. The summed E-state index contributed by atoms with van der Waals surface area (Å²) in [6.07, 6.45) is 2.45. The molecule has 0 aromatic carbocycles. The number of nitrogens with zero attached hydrogens (tertiary/aromatic N) is 1. The van der Waals surface area contributed by atoms with Crippen LogP contribution in [-0.2, 0) is 9.53 Å². The minimum Gasteiger partial charge on any atom is -0.376 e. The van der Waals surface area contributed by atoms with Crippen LogP contribution in [0.2, 0.25) is 0 Å². The number of carbonyl (C=O) groups excluding carboxylic acids is 1. The van der Waals surface area contributed by atoms with Gasteiger partial charge in [-0.2, -0.15) is 0 Å². The molecule has 2 rings (SSSR count). The van der Waals surface area contributed by atoms with E-state index in [4.69, 9.17) is 17.0 Å². The molecule has 5 heteroatoms. The fourth-order valence-corrected chi connectivity index (χ4v) is 1.92. The molecule has 0 aliphatic carbocycles. The quantitative estimate of drug-likeness (QED) is 0.631. The zero-order valence-corrected chi connectivity index (χ0v) is 8.10. The number of hydrogen-bond acceptors (Lipinski definition) is 3. The van der Waals surface area contributed by atoms with Gasteiger partial charge in [0.15, 0.2) is 5.11 Å². The van der Waals surface area contributed by atoms with Gasteiger partial charge in [0.25, 0.3) is 0 Å². The minimum absolute atomic E-state index is 0.0111. The summed E-state index contributed by atoms with van der Waals surface area (Å²) in [5, 5.41) is 3.15. The Morgan fingerprint density at radius 1 is 1.69 bits per heavy atom. The number of rotatable bonds is 2. The maximum Gasteiger partial charge on any atom is 0.245 e. The first-order valence-electron chi connectivity index (χ1n) is 4.46. The Labute approximate surface area is 82.2 Å². The van der Waals surface area contributed by atoms with Gasteiger partial charge < -0.3 is 15.0 Å². The van der Waals surface area contributed by atoms with Crippen LogP contribution in [0.3, 0.4) is 0 Å². The molecule has 0 aromatic rings. The van der Waals surface area contributed by atoms with Crippen LogP contribution in [0.4, 0.5) is 0 Å². The van der Waals surface area contributed by atoms with E-state index in [1.807, 2.05) is 4.90 Å². The highest BCUT2D eigenvalue weighted by molar-refractivity contribution is 7.80. The van der Waals surface area contributed by atoms with Crippen LogP contribution in [0.5, 0.6) is 0 Å². The number of carbonyl (C=O) groups is 1. The van der Waals surface area contributed by atoms with E-state index in [9.17, 15) is 4.79 Å². The second-order valence-electron chi connectivity index (χ2n) is 3.37. The molecule has 2 aliphatic rings. The number of hydrogen-bond donors (Lipinski definition) is 1. The van der Waals surface area contributed by atoms with E-state index in [-0.39, 0.29) is 12.0 Å². The standard InChI is InChI=1S/C8H12N2O2S/c11-7-5-10(8(13)9-7)4-6-2-1-3-12-6/h6H,1-5H2,(H,9,11,13)/t6-/m0/s1. The maximum atomic E-state index is 11.0. The van der Waals surface area contributed by atoms with Gasteiger partial charge in [-0.1, -0.05) is 0 Å². The van der Waals surface area contributed by atoms with Crippen LogP contribution in [0.25, 0.3) is 0 Å². The van der Waals surface area contributed by atoms with E-state index >= 15 is 0 Å². The zero-order chi connectivity index (χ0) is 9.26. The first-order valence-corrected chi connectivity index (χ1v) is 4.87. The summed E-state index contributed by atoms with van der Waals surface area (Å²) in [4.78, 5) is 12.8. The van der Waals surface area contributed by atoms with Gasteiger partial charge in [-0.3, -0.25) is 4.79 Å². The fraction of sp³-hybridized carbons (Fsp3) is 0.750. The molecule has 2 saturated heterocycles. The summed E-state index contributed by atoms with van der Waals surface area (Å²) in [6.45, 7) is 1.98. The molecule has 0 radical (unpaired) electrons. The number of thiocarbonyl (C=S) groups is 1. The fourth-order valence-electron chi connectivity index (χ4n) is 1.66. The summed E-state index contributed by atoms with van der Waals surface area (Å²) in [6, 6.07) is 0. The van der Waals surface area contributed by atoms with Crippen molar-refractivity contribution in [2.75, 3.05) is 19.7 Å². The molecular formula is C8H12N2O2S. The minimum atomic E-state index is -0.0111. The Bertz CT molecular complexity index is 238. The lowest BCUT2D eigenvalue weighted by Crippen LogP contribution is -2.34. The summed E-state index contributed by atoms with van der Waals surface area (Å²) in [5.41, 5.74) is 0. The van der Waals surface area contributed by atoms with E-state index in [1.165, 1.54) is 0 Å². The number of amides is 1. The highest BCUT2D eigenvalue weighted by Gasteiger charge is 2.27. The van der Waals surface area contributed by atoms with Crippen molar-refractivity contribution < 1.29 is 9.53 Å². The van der Waals surface area contributed by atoms with Crippen LogP contribution < -0.4 is 5.32 Å². The predicted octanol–water partition coefficient (Wildman–Crippen LogP) is -0.118. The smallest absolute Gasteiger partial charge is 0.245 e. The highest BCUT2D eigenvalue weighted by Crippen LogP contribution is 2.14. The van der Waals surface area contributed by atoms with Crippen molar-refractivity contribution in [2.45, 2.75) is 18.9 Å². The molecule has 4 nitrogen and oxygen atoms in total. The van der Waals surface area contributed by atoms with Crippen LogP contribution >= 0.6 is 12.2 Å². The molecule has 0 aromatic heterocycles. The van der Waals surface area contributed by atoms with Gasteiger partial charge in [0.05, 0.1) is 12.6 Å². The van der Waals surface area contributed by atoms with Crippen LogP contribution in [0.15, 0.2) is 0 Å². The average Bonchev–Trinajstić information content (AvgIpc) is 2.63. The summed E-state index contributed by atoms with van der Waals surface area (Å²) in [5.74, 6) is -0.0111. The van der Waals surface area contributed by atoms with Gasteiger partial charge in [0.2, 0.25) is 5.91 Å². The molecule has 13 heavy (non-hydrogen) atoms. The monoisotopic (exact) mass is 200 g/mol. The third kappa shape index (κ3) is 1.97. The summed E-state index contributed by atoms with van der Waals surface area (Å²) >= 11 is 4.99. The maximum absolute atomic E-state index is 11.0. The molecule has 2 heterocycles. The van der Waals surface area contributed by atoms with E-state index in [1.54, 1.807) is 0 Å². The summed E-state index contributed by atoms with van der Waals surface area (Å²) in [7, 11) is 0. The zero-order valence-electron chi connectivity index (χ0n) is 7.28. The molecule has 72 valence electrons. The van der Waals surface area contributed by atoms with Gasteiger partial charge in [0, 0.05) is 13.2 Å². The van der Waals surface area contributed by atoms with Crippen LogP contribution in [-0.4, -0.2) is 41.7 Å². The van der Waals surface area contributed by atoms with Gasteiger partial charge in [-0.25, -0.2) is 0 Å². The van der Waals surface area contributed by atoms with Crippen molar-refractivity contribution in [3.63, 3.8) is 0 Å². The third-order valence-electron chi connectivity index (χ3n) is 2.32. The largest absolute Gasteiger partial charge is 0.376 e. The lowest BCUT2D eigenvalue weighted by Gasteiger charge is -2.19. The molecule has 0 saturated carbocycles. The van der Waals surface area contributed by atoms with Gasteiger partial charge in [0.1, 0.15) is 0 Å². The SMILES string of the molecule is O=C1CN(C[C@@H]2CCCO2)C(=S)N1. The Hall–Kier alpha value is -0.680. The van der Waals surface area contributed by atoms with Crippen molar-refractivity contribution in [2.24, 2.45) is 0 Å². The van der Waals surface area contributed by atoms with E-state index in [2.05, 4.69) is 5.32 Å². The van der Waals surface area contributed by atoms with Crippen molar-refractivity contribution in [1.82, 2.24) is 10.2 Å². The third-order valence-corrected chi connectivity index (χ3v) is 2.68. The molecule has 0 unspecified atom stereocenters. The summed E-state index contributed by atoms with van der Waals surface area (Å²) < 4.78 is 5.46. The second-order valence-corrected chi connectivity index (χ2v) is 3.76. The number of ether oxygens (including phenoxy) is 1. The lowest BCUT2D eigenvalue weighted by atomic mass is 10.2. The first-order chi connectivity index (χ1) is 6.25. The topological polar surface area (TPSA) is 41.6 Å². The molecule has 2 fully saturated rings. The Morgan fingerprint density at radius 3 is 3.08 bits per heavy atom. The van der Waals surface area contributed by atoms with Crippen LogP contribution in [0, 0.1) is 0 Å². The Morgan fingerprint density at radius 2 is 2.54 bits per heavy atom. The number of nitrogens with one attached hydrogen (secondary N) is 1. The van der Waals surface area contributed by atoms with Gasteiger partial charge >= 0.3 is 0 Å². The van der Waals surface area contributed by atoms with Gasteiger partial charge in [-0.15, -0.1) is 0 Å². The van der Waals surface area contributed by atoms with Crippen molar-refractivity contribution in [3.05, 3.63) is 0 Å². The van der Waals surface area contributed by atoms with E-state index in [0.29, 0.717) is 11.7 Å². The van der Waals surface area contributed by atoms with Crippen molar-refractivity contribution in [1.29, 1.82) is 0 Å². The molecular weight excluding hydrogens is 188 g/mol. The second kappa shape index (κ2) is 3.59. The lowest BCUT2D eigenvalue weighted by molar-refractivity contribution is -0.118. The average molecular weight is 200 g/mol. The van der Waals surface area contributed by atoms with Gasteiger partial charge in [-0.05, 0) is 25.1 Å². The molecule has 0 bridgehead atoms. The molecule has 2 aliphatic heterocycles. The Kier molecular flexibility index (Phi) is 2.46. The molecule has 1 atom stereocenters. The van der Waals surface area contributed by atoms with E-state index in [0.717, 1.165) is 26.0 Å². The molecule has 1 N–H and O–H groups in total. The molecule has 1 amide bonds. The van der Waals surface area contributed by atoms with Crippen molar-refractivity contribution >= 4 is 23.2 Å². The van der Waals surface area contributed by atoms with E-state index < -0.39 is 0 Å². The highest BCUT2D eigenvalue weighted by atomic mass is 32.1. The molecule has 0 spiro atoms. The van der Waals surface area contributed by atoms with Crippen molar-refractivity contribution in [3.8, 4) is 0 Å².